The molecule has 5 rings (SSSR count). The zero-order valence-corrected chi connectivity index (χ0v) is 20.7. The minimum absolute atomic E-state index is 0.0221. The van der Waals surface area contributed by atoms with Crippen LogP contribution < -0.4 is 5.32 Å². The molecule has 2 aliphatic rings. The van der Waals surface area contributed by atoms with Gasteiger partial charge in [-0.2, -0.15) is 0 Å². The molecule has 0 aromatic heterocycles. The predicted molar refractivity (Wildman–Crippen MR) is 139 cm³/mol. The van der Waals surface area contributed by atoms with Gasteiger partial charge in [0.1, 0.15) is 0 Å². The lowest BCUT2D eigenvalue weighted by Crippen LogP contribution is -2.31. The van der Waals surface area contributed by atoms with E-state index in [1.165, 1.54) is 30.8 Å². The number of para-hydroxylation sites is 2. The molecule has 8 nitrogen and oxygen atoms in total. The Kier molecular flexibility index (Phi) is 6.44. The third-order valence-corrected chi connectivity index (χ3v) is 9.14. The topological polar surface area (TPSA) is 115 Å². The van der Waals surface area contributed by atoms with Crippen LogP contribution in [0.4, 0.5) is 17.1 Å². The van der Waals surface area contributed by atoms with E-state index in [0.29, 0.717) is 22.4 Å². The van der Waals surface area contributed by atoms with Gasteiger partial charge in [-0.25, -0.2) is 0 Å². The Balaban J connectivity index is 1.60. The molecular weight excluding hydrogens is 502 g/mol. The minimum atomic E-state index is -0.409. The number of Topliss-reactive ketones (excluding diaryl/α,β-unsaturated/α-hetero) is 1. The first kappa shape index (κ1) is 24.3. The molecule has 0 saturated heterocycles. The number of fused-ring (bicyclic) bond motifs is 3. The van der Waals surface area contributed by atoms with Crippen LogP contribution in [0.3, 0.4) is 0 Å². The standard InChI is InChI=1S/C26H22ClN3O5S/c1-14(31)15-10-11-19-17(12-15)24-18(26(28-19)16-6-2-3-7-20(16)29(32)33)13-23(25(24)27)36-22-9-5-4-8-21(22)30(34)35/h2-12,18,23-26,28H,13H2,1H3/t18-,23-,24+,25-,26+/m1/s1. The summed E-state index contributed by atoms with van der Waals surface area (Å²) in [4.78, 5) is 35.3. The van der Waals surface area contributed by atoms with Gasteiger partial charge in [0.15, 0.2) is 5.78 Å². The first-order valence-corrected chi connectivity index (χ1v) is 12.8. The van der Waals surface area contributed by atoms with Crippen molar-refractivity contribution in [3.05, 3.63) is 104 Å². The van der Waals surface area contributed by atoms with Crippen molar-refractivity contribution in [3.63, 3.8) is 0 Å². The molecule has 1 N–H and O–H groups in total. The highest BCUT2D eigenvalue weighted by atomic mass is 35.5. The second-order valence-electron chi connectivity index (χ2n) is 9.05. The van der Waals surface area contributed by atoms with Gasteiger partial charge in [-0.15, -0.1) is 23.4 Å². The summed E-state index contributed by atoms with van der Waals surface area (Å²) in [6, 6.07) is 18.3. The van der Waals surface area contributed by atoms with Crippen LogP contribution in [0, 0.1) is 26.1 Å². The van der Waals surface area contributed by atoms with Gasteiger partial charge in [-0.1, -0.05) is 30.3 Å². The zero-order valence-electron chi connectivity index (χ0n) is 19.2. The van der Waals surface area contributed by atoms with Gasteiger partial charge >= 0.3 is 0 Å². The third kappa shape index (κ3) is 4.22. The number of carbonyl (C=O) groups excluding carboxylic acids is 1. The Morgan fingerprint density at radius 3 is 2.33 bits per heavy atom. The highest BCUT2D eigenvalue weighted by Gasteiger charge is 2.51. The summed E-state index contributed by atoms with van der Waals surface area (Å²) in [5.74, 6) is -0.388. The lowest BCUT2D eigenvalue weighted by atomic mass is 9.76. The fraction of sp³-hybridized carbons (Fsp3) is 0.269. The molecule has 1 aliphatic carbocycles. The number of hydrogen-bond donors (Lipinski definition) is 1. The Bertz CT molecular complexity index is 1380. The van der Waals surface area contributed by atoms with Crippen LogP contribution in [0.5, 0.6) is 0 Å². The first-order valence-electron chi connectivity index (χ1n) is 11.4. The third-order valence-electron chi connectivity index (χ3n) is 7.03. The number of alkyl halides is 1. The average Bonchev–Trinajstić information content (AvgIpc) is 3.19. The highest BCUT2D eigenvalue weighted by Crippen LogP contribution is 2.58. The van der Waals surface area contributed by atoms with Gasteiger partial charge in [0.2, 0.25) is 0 Å². The Morgan fingerprint density at radius 2 is 1.64 bits per heavy atom. The molecule has 3 aromatic carbocycles. The number of ketones is 1. The van der Waals surface area contributed by atoms with Crippen LogP contribution in [-0.2, 0) is 0 Å². The van der Waals surface area contributed by atoms with Crippen molar-refractivity contribution in [1.82, 2.24) is 0 Å². The number of anilines is 1. The Labute approximate surface area is 216 Å². The van der Waals surface area contributed by atoms with E-state index in [-0.39, 0.29) is 45.2 Å². The summed E-state index contributed by atoms with van der Waals surface area (Å²) < 4.78 is 0. The molecule has 184 valence electrons. The minimum Gasteiger partial charge on any atom is -0.377 e. The summed E-state index contributed by atoms with van der Waals surface area (Å²) in [6.45, 7) is 1.51. The smallest absolute Gasteiger partial charge is 0.282 e. The van der Waals surface area contributed by atoms with Crippen molar-refractivity contribution in [2.45, 2.75) is 40.8 Å². The van der Waals surface area contributed by atoms with E-state index >= 15 is 0 Å². The summed E-state index contributed by atoms with van der Waals surface area (Å²) in [7, 11) is 0. The number of thioether (sulfide) groups is 1. The lowest BCUT2D eigenvalue weighted by molar-refractivity contribution is -0.387. The van der Waals surface area contributed by atoms with Crippen molar-refractivity contribution < 1.29 is 14.6 Å². The molecule has 0 spiro atoms. The van der Waals surface area contributed by atoms with Gasteiger partial charge in [0.05, 0.1) is 31.7 Å². The summed E-state index contributed by atoms with van der Waals surface area (Å²) >= 11 is 8.48. The first-order chi connectivity index (χ1) is 17.3. The van der Waals surface area contributed by atoms with Crippen molar-refractivity contribution in [2.24, 2.45) is 5.92 Å². The number of nitro groups is 2. The number of halogens is 1. The van der Waals surface area contributed by atoms with E-state index in [2.05, 4.69) is 5.32 Å². The summed E-state index contributed by atoms with van der Waals surface area (Å²) in [5.41, 5.74) is 2.86. The van der Waals surface area contributed by atoms with Crippen molar-refractivity contribution in [3.8, 4) is 0 Å². The maximum atomic E-state index is 12.1. The van der Waals surface area contributed by atoms with Crippen LogP contribution in [0.15, 0.2) is 71.6 Å². The zero-order chi connectivity index (χ0) is 25.6. The molecule has 36 heavy (non-hydrogen) atoms. The largest absolute Gasteiger partial charge is 0.377 e. The predicted octanol–water partition coefficient (Wildman–Crippen LogP) is 6.74. The Hall–Kier alpha value is -3.43. The van der Waals surface area contributed by atoms with Crippen molar-refractivity contribution >= 4 is 46.2 Å². The average molecular weight is 524 g/mol. The molecule has 1 saturated carbocycles. The number of nitrogens with zero attached hydrogens (tertiary/aromatic N) is 2. The normalized spacial score (nSPS) is 24.3. The second kappa shape index (κ2) is 9.55. The SMILES string of the molecule is CC(=O)c1ccc2c(c1)[C@@H]1[C@H](Cl)[C@H](Sc3ccccc3[N+](=O)[O-])C[C@H]1[C@H](c1ccccc1[N+](=O)[O-])N2. The van der Waals surface area contributed by atoms with Gasteiger partial charge in [0.25, 0.3) is 11.4 Å². The molecule has 1 aliphatic heterocycles. The monoisotopic (exact) mass is 523 g/mol. The maximum absolute atomic E-state index is 12.1. The van der Waals surface area contributed by atoms with E-state index < -0.39 is 10.3 Å². The van der Waals surface area contributed by atoms with E-state index in [9.17, 15) is 25.0 Å². The van der Waals surface area contributed by atoms with Crippen LogP contribution >= 0.6 is 23.4 Å². The quantitative estimate of drug-likeness (QED) is 0.164. The van der Waals surface area contributed by atoms with Crippen LogP contribution in [0.25, 0.3) is 0 Å². The molecule has 0 radical (unpaired) electrons. The van der Waals surface area contributed by atoms with Gasteiger partial charge in [-0.3, -0.25) is 25.0 Å². The van der Waals surface area contributed by atoms with E-state index in [0.717, 1.165) is 11.3 Å². The van der Waals surface area contributed by atoms with Crippen LogP contribution in [0.2, 0.25) is 0 Å². The number of carbonyl (C=O) groups is 1. The Morgan fingerprint density at radius 1 is 0.972 bits per heavy atom. The van der Waals surface area contributed by atoms with E-state index in [1.54, 1.807) is 42.5 Å². The number of hydrogen-bond acceptors (Lipinski definition) is 7. The van der Waals surface area contributed by atoms with Crippen molar-refractivity contribution in [1.29, 1.82) is 0 Å². The van der Waals surface area contributed by atoms with Gasteiger partial charge in [0, 0.05) is 34.6 Å². The maximum Gasteiger partial charge on any atom is 0.282 e. The van der Waals surface area contributed by atoms with Crippen molar-refractivity contribution in [2.75, 3.05) is 5.32 Å². The molecule has 5 atom stereocenters. The number of nitro benzene ring substituents is 2. The van der Waals surface area contributed by atoms with Gasteiger partial charge < -0.3 is 5.32 Å². The molecule has 10 heteroatoms. The fourth-order valence-electron chi connectivity index (χ4n) is 5.43. The fourth-order valence-corrected chi connectivity index (χ4v) is 7.37. The number of benzene rings is 3. The van der Waals surface area contributed by atoms with E-state index in [1.807, 2.05) is 12.1 Å². The van der Waals surface area contributed by atoms with E-state index in [4.69, 9.17) is 11.6 Å². The molecule has 0 amide bonds. The number of nitrogens with one attached hydrogen (secondary N) is 1. The molecule has 3 aromatic rings. The summed E-state index contributed by atoms with van der Waals surface area (Å²) in [5, 5.41) is 26.3. The van der Waals surface area contributed by atoms with Gasteiger partial charge in [-0.05, 0) is 49.1 Å². The molecule has 1 fully saturated rings. The lowest BCUT2D eigenvalue weighted by Gasteiger charge is -2.38. The molecule has 1 heterocycles. The van der Waals surface area contributed by atoms with Crippen LogP contribution in [0.1, 0.15) is 46.8 Å². The highest BCUT2D eigenvalue weighted by molar-refractivity contribution is 8.00. The van der Waals surface area contributed by atoms with Crippen LogP contribution in [-0.4, -0.2) is 26.3 Å². The molecule has 0 unspecified atom stereocenters. The number of rotatable bonds is 6. The second-order valence-corrected chi connectivity index (χ2v) is 10.8. The molecular formula is C26H22ClN3O5S. The summed E-state index contributed by atoms with van der Waals surface area (Å²) in [6.07, 6.45) is 0.586. The molecule has 0 bridgehead atoms.